The quantitative estimate of drug-likeness (QED) is 0.144. The van der Waals surface area contributed by atoms with Crippen LogP contribution in [0.4, 0.5) is 17.1 Å². The maximum Gasteiger partial charge on any atom is 0.136 e. The molecule has 0 saturated carbocycles. The standard InChI is InChI=1S/C66H44N2O/c1-2-13-45(14-3-1)47-29-36-53(37-30-47)67(55-40-33-50(34-41-55)57-17-4-5-18-58(57)52-35-42-62-61-21-8-11-24-65(61)69-66(62)44-52)54-38-31-48(32-39-54)46-25-27-49(28-26-46)51-15-12-16-56(43-51)68-63-22-9-6-19-59(63)60-20-7-10-23-64(60)68/h1-44H. The van der Waals surface area contributed by atoms with E-state index >= 15 is 0 Å². The molecule has 0 N–H and O–H groups in total. The molecular weight excluding hydrogens is 837 g/mol. The van der Waals surface area contributed by atoms with E-state index in [1.54, 1.807) is 0 Å². The van der Waals surface area contributed by atoms with Crippen LogP contribution in [0.5, 0.6) is 0 Å². The van der Waals surface area contributed by atoms with Crippen molar-refractivity contribution in [3.63, 3.8) is 0 Å². The minimum Gasteiger partial charge on any atom is -0.456 e. The topological polar surface area (TPSA) is 21.3 Å². The molecule has 13 aromatic rings. The van der Waals surface area contributed by atoms with Crippen LogP contribution in [0.1, 0.15) is 0 Å². The second-order valence-corrected chi connectivity index (χ2v) is 17.7. The molecule has 0 fully saturated rings. The molecule has 11 aromatic carbocycles. The van der Waals surface area contributed by atoms with Crippen molar-refractivity contribution in [3.8, 4) is 61.3 Å². The average molecular weight is 881 g/mol. The zero-order valence-electron chi connectivity index (χ0n) is 37.7. The summed E-state index contributed by atoms with van der Waals surface area (Å²) >= 11 is 0. The van der Waals surface area contributed by atoms with Gasteiger partial charge >= 0.3 is 0 Å². The molecule has 0 unspecified atom stereocenters. The van der Waals surface area contributed by atoms with Crippen molar-refractivity contribution in [3.05, 3.63) is 267 Å². The smallest absolute Gasteiger partial charge is 0.136 e. The zero-order valence-corrected chi connectivity index (χ0v) is 37.7. The Hall–Kier alpha value is -9.18. The van der Waals surface area contributed by atoms with Gasteiger partial charge in [0.1, 0.15) is 11.2 Å². The van der Waals surface area contributed by atoms with Crippen LogP contribution in [0.15, 0.2) is 271 Å². The number of fused-ring (bicyclic) bond motifs is 6. The third-order valence-corrected chi connectivity index (χ3v) is 13.6. The third-order valence-electron chi connectivity index (χ3n) is 13.6. The molecule has 0 aliphatic rings. The Balaban J connectivity index is 0.813. The van der Waals surface area contributed by atoms with Crippen LogP contribution in [0.25, 0.3) is 105 Å². The van der Waals surface area contributed by atoms with E-state index in [1.165, 1.54) is 55.2 Å². The molecule has 0 atom stereocenters. The largest absolute Gasteiger partial charge is 0.456 e. The van der Waals surface area contributed by atoms with E-state index in [2.05, 4.69) is 264 Å². The molecule has 2 heterocycles. The Kier molecular flexibility index (Phi) is 9.84. The molecule has 0 spiro atoms. The molecule has 2 aromatic heterocycles. The van der Waals surface area contributed by atoms with Crippen molar-refractivity contribution in [2.24, 2.45) is 0 Å². The molecule has 13 rings (SSSR count). The summed E-state index contributed by atoms with van der Waals surface area (Å²) in [5, 5.41) is 4.80. The molecule has 324 valence electrons. The Bertz CT molecular complexity index is 3920. The first-order chi connectivity index (χ1) is 34.2. The van der Waals surface area contributed by atoms with Gasteiger partial charge in [0, 0.05) is 44.3 Å². The van der Waals surface area contributed by atoms with Crippen LogP contribution in [-0.2, 0) is 0 Å². The number of rotatable bonds is 9. The lowest BCUT2D eigenvalue weighted by Crippen LogP contribution is -2.09. The molecular formula is C66H44N2O. The summed E-state index contributed by atoms with van der Waals surface area (Å²) in [4.78, 5) is 2.34. The highest BCUT2D eigenvalue weighted by Crippen LogP contribution is 2.41. The van der Waals surface area contributed by atoms with Gasteiger partial charge < -0.3 is 13.9 Å². The van der Waals surface area contributed by atoms with Crippen LogP contribution in [0, 0.1) is 0 Å². The van der Waals surface area contributed by atoms with Gasteiger partial charge in [-0.25, -0.2) is 0 Å². The summed E-state index contributed by atoms with van der Waals surface area (Å²) in [6.45, 7) is 0. The SMILES string of the molecule is c1ccc(-c2ccc(N(c3ccc(-c4ccc(-c5cccc(-n6c7ccccc7c7ccccc76)c5)cc4)cc3)c3ccc(-c4ccccc4-c4ccc5c(c4)oc4ccccc45)cc3)cc2)cc1. The summed E-state index contributed by atoms with van der Waals surface area (Å²) in [7, 11) is 0. The lowest BCUT2D eigenvalue weighted by atomic mass is 9.94. The Labute approximate surface area is 401 Å². The van der Waals surface area contributed by atoms with Gasteiger partial charge in [0.15, 0.2) is 0 Å². The summed E-state index contributed by atoms with van der Waals surface area (Å²) < 4.78 is 8.68. The van der Waals surface area contributed by atoms with Crippen LogP contribution in [0.2, 0.25) is 0 Å². The van der Waals surface area contributed by atoms with E-state index in [1.807, 2.05) is 12.1 Å². The molecule has 3 heteroatoms. The molecule has 0 amide bonds. The summed E-state index contributed by atoms with van der Waals surface area (Å²) in [5.41, 5.74) is 20.3. The van der Waals surface area contributed by atoms with Crippen molar-refractivity contribution < 1.29 is 4.42 Å². The third kappa shape index (κ3) is 7.25. The Morgan fingerprint density at radius 2 is 0.681 bits per heavy atom. The highest BCUT2D eigenvalue weighted by molar-refractivity contribution is 6.09. The lowest BCUT2D eigenvalue weighted by Gasteiger charge is -2.26. The summed E-state index contributed by atoms with van der Waals surface area (Å²) in [5.74, 6) is 0. The molecule has 0 bridgehead atoms. The van der Waals surface area contributed by atoms with E-state index in [4.69, 9.17) is 4.42 Å². The highest BCUT2D eigenvalue weighted by atomic mass is 16.3. The maximum atomic E-state index is 6.30. The molecule has 0 aliphatic heterocycles. The lowest BCUT2D eigenvalue weighted by molar-refractivity contribution is 0.669. The number of anilines is 3. The maximum absolute atomic E-state index is 6.30. The van der Waals surface area contributed by atoms with E-state index in [-0.39, 0.29) is 0 Å². The van der Waals surface area contributed by atoms with Gasteiger partial charge in [-0.1, -0.05) is 188 Å². The van der Waals surface area contributed by atoms with E-state index in [9.17, 15) is 0 Å². The Morgan fingerprint density at radius 1 is 0.261 bits per heavy atom. The second kappa shape index (κ2) is 16.9. The van der Waals surface area contributed by atoms with Crippen LogP contribution < -0.4 is 4.90 Å². The van der Waals surface area contributed by atoms with Gasteiger partial charge in [0.25, 0.3) is 0 Å². The zero-order chi connectivity index (χ0) is 45.7. The van der Waals surface area contributed by atoms with Gasteiger partial charge in [0.05, 0.1) is 11.0 Å². The van der Waals surface area contributed by atoms with E-state index < -0.39 is 0 Å². The van der Waals surface area contributed by atoms with Crippen LogP contribution >= 0.6 is 0 Å². The van der Waals surface area contributed by atoms with Gasteiger partial charge in [-0.3, -0.25) is 0 Å². The summed E-state index contributed by atoms with van der Waals surface area (Å²) in [6.07, 6.45) is 0. The number of para-hydroxylation sites is 3. The predicted molar refractivity (Wildman–Crippen MR) is 290 cm³/mol. The predicted octanol–water partition coefficient (Wildman–Crippen LogP) is 18.5. The fourth-order valence-electron chi connectivity index (χ4n) is 10.2. The molecule has 0 aliphatic carbocycles. The van der Waals surface area contributed by atoms with E-state index in [0.29, 0.717) is 0 Å². The number of furan rings is 1. The van der Waals surface area contributed by atoms with Gasteiger partial charge in [-0.15, -0.1) is 0 Å². The fourth-order valence-corrected chi connectivity index (χ4v) is 10.2. The van der Waals surface area contributed by atoms with Gasteiger partial charge in [0.2, 0.25) is 0 Å². The fraction of sp³-hybridized carbons (Fsp3) is 0. The van der Waals surface area contributed by atoms with Crippen molar-refractivity contribution in [1.82, 2.24) is 4.57 Å². The first-order valence-electron chi connectivity index (χ1n) is 23.6. The number of aromatic nitrogens is 1. The van der Waals surface area contributed by atoms with Gasteiger partial charge in [-0.05, 0) is 134 Å². The molecule has 0 radical (unpaired) electrons. The van der Waals surface area contributed by atoms with E-state index in [0.717, 1.165) is 66.9 Å². The first-order valence-corrected chi connectivity index (χ1v) is 23.6. The molecule has 69 heavy (non-hydrogen) atoms. The monoisotopic (exact) mass is 880 g/mol. The van der Waals surface area contributed by atoms with Crippen molar-refractivity contribution in [1.29, 1.82) is 0 Å². The minimum atomic E-state index is 0.897. The minimum absolute atomic E-state index is 0.897. The molecule has 3 nitrogen and oxygen atoms in total. The average Bonchev–Trinajstić information content (AvgIpc) is 3.97. The highest BCUT2D eigenvalue weighted by Gasteiger charge is 2.17. The van der Waals surface area contributed by atoms with Crippen molar-refractivity contribution in [2.75, 3.05) is 4.90 Å². The Morgan fingerprint density at radius 3 is 1.29 bits per heavy atom. The van der Waals surface area contributed by atoms with Crippen molar-refractivity contribution in [2.45, 2.75) is 0 Å². The number of benzene rings is 11. The first kappa shape index (κ1) is 40.1. The number of hydrogen-bond donors (Lipinski definition) is 0. The van der Waals surface area contributed by atoms with Crippen LogP contribution in [-0.4, -0.2) is 4.57 Å². The van der Waals surface area contributed by atoms with Crippen molar-refractivity contribution >= 4 is 60.8 Å². The number of nitrogens with zero attached hydrogens (tertiary/aromatic N) is 2. The normalized spacial score (nSPS) is 11.5. The molecule has 0 saturated heterocycles. The van der Waals surface area contributed by atoms with Crippen LogP contribution in [0.3, 0.4) is 0 Å². The van der Waals surface area contributed by atoms with Gasteiger partial charge in [-0.2, -0.15) is 0 Å². The second-order valence-electron chi connectivity index (χ2n) is 17.7. The summed E-state index contributed by atoms with van der Waals surface area (Å²) in [6, 6.07) is 96.0. The number of hydrogen-bond acceptors (Lipinski definition) is 2.